The molecule has 2 aromatic heterocycles. The summed E-state index contributed by atoms with van der Waals surface area (Å²) < 4.78 is 7.93. The van der Waals surface area contributed by atoms with Gasteiger partial charge in [0.2, 0.25) is 0 Å². The van der Waals surface area contributed by atoms with Crippen LogP contribution in [0.4, 0.5) is 0 Å². The molecule has 1 amide bonds. The van der Waals surface area contributed by atoms with Crippen LogP contribution in [-0.4, -0.2) is 33.1 Å². The van der Waals surface area contributed by atoms with Crippen LogP contribution in [0.5, 0.6) is 0 Å². The summed E-state index contributed by atoms with van der Waals surface area (Å²) in [7, 11) is 0. The van der Waals surface area contributed by atoms with Crippen LogP contribution in [-0.2, 0) is 11.3 Å². The molecule has 1 aliphatic heterocycles. The lowest BCUT2D eigenvalue weighted by Crippen LogP contribution is -2.43. The van der Waals surface area contributed by atoms with Gasteiger partial charge in [-0.1, -0.05) is 11.6 Å². The number of hydrogen-bond donors (Lipinski definition) is 1. The number of imidazole rings is 1. The van der Waals surface area contributed by atoms with Crippen molar-refractivity contribution in [2.45, 2.75) is 38.5 Å². The average molecular weight is 335 g/mol. The SMILES string of the molecule is CCn1ccnc1[C@@H]1OCCC[C@H]1NC(=O)c1cccnc1Cl. The van der Waals surface area contributed by atoms with Crippen molar-refractivity contribution in [1.29, 1.82) is 0 Å². The van der Waals surface area contributed by atoms with E-state index in [0.29, 0.717) is 12.2 Å². The summed E-state index contributed by atoms with van der Waals surface area (Å²) in [6.45, 7) is 3.53. The summed E-state index contributed by atoms with van der Waals surface area (Å²) in [4.78, 5) is 20.8. The van der Waals surface area contributed by atoms with Crippen LogP contribution in [0.3, 0.4) is 0 Å². The first-order valence-corrected chi connectivity index (χ1v) is 8.12. The molecule has 0 radical (unpaired) electrons. The second-order valence-electron chi connectivity index (χ2n) is 5.43. The van der Waals surface area contributed by atoms with E-state index in [0.717, 1.165) is 25.2 Å². The Morgan fingerprint density at radius 2 is 2.35 bits per heavy atom. The second-order valence-corrected chi connectivity index (χ2v) is 5.78. The average Bonchev–Trinajstić information content (AvgIpc) is 3.04. The fourth-order valence-corrected chi connectivity index (χ4v) is 3.04. The van der Waals surface area contributed by atoms with Crippen LogP contribution >= 0.6 is 11.6 Å². The van der Waals surface area contributed by atoms with E-state index in [1.807, 2.05) is 10.8 Å². The number of ether oxygens (including phenoxy) is 1. The summed E-state index contributed by atoms with van der Waals surface area (Å²) >= 11 is 6.00. The van der Waals surface area contributed by atoms with Gasteiger partial charge in [0.1, 0.15) is 17.1 Å². The van der Waals surface area contributed by atoms with Gasteiger partial charge in [-0.05, 0) is 31.9 Å². The Balaban J connectivity index is 1.80. The zero-order valence-corrected chi connectivity index (χ0v) is 13.7. The van der Waals surface area contributed by atoms with E-state index in [4.69, 9.17) is 16.3 Å². The van der Waals surface area contributed by atoms with Gasteiger partial charge in [0.05, 0.1) is 11.6 Å². The van der Waals surface area contributed by atoms with Crippen LogP contribution < -0.4 is 5.32 Å². The monoisotopic (exact) mass is 334 g/mol. The fraction of sp³-hybridized carbons (Fsp3) is 0.438. The van der Waals surface area contributed by atoms with E-state index < -0.39 is 0 Å². The van der Waals surface area contributed by atoms with Gasteiger partial charge in [-0.15, -0.1) is 0 Å². The number of amides is 1. The second kappa shape index (κ2) is 7.10. The van der Waals surface area contributed by atoms with Crippen molar-refractivity contribution in [3.63, 3.8) is 0 Å². The maximum atomic E-state index is 12.5. The molecule has 1 saturated heterocycles. The molecule has 0 aromatic carbocycles. The summed E-state index contributed by atoms with van der Waals surface area (Å²) in [5.74, 6) is 0.605. The predicted molar refractivity (Wildman–Crippen MR) is 86.3 cm³/mol. The molecule has 23 heavy (non-hydrogen) atoms. The van der Waals surface area contributed by atoms with Gasteiger partial charge in [-0.25, -0.2) is 9.97 Å². The van der Waals surface area contributed by atoms with E-state index in [-0.39, 0.29) is 23.2 Å². The number of pyridine rings is 1. The van der Waals surface area contributed by atoms with Crippen molar-refractivity contribution >= 4 is 17.5 Å². The first-order chi connectivity index (χ1) is 11.2. The third-order valence-corrected chi connectivity index (χ3v) is 4.29. The molecule has 3 heterocycles. The number of nitrogens with zero attached hydrogens (tertiary/aromatic N) is 3. The highest BCUT2D eigenvalue weighted by molar-refractivity contribution is 6.32. The Bertz CT molecular complexity index is 688. The minimum Gasteiger partial charge on any atom is -0.368 e. The molecule has 6 nitrogen and oxygen atoms in total. The highest BCUT2D eigenvalue weighted by atomic mass is 35.5. The molecule has 0 bridgehead atoms. The zero-order valence-electron chi connectivity index (χ0n) is 12.9. The van der Waals surface area contributed by atoms with E-state index >= 15 is 0 Å². The molecule has 1 N–H and O–H groups in total. The number of rotatable bonds is 4. The molecule has 7 heteroatoms. The number of aromatic nitrogens is 3. The molecule has 0 unspecified atom stereocenters. The molecule has 2 aromatic rings. The van der Waals surface area contributed by atoms with Crippen LogP contribution in [0.2, 0.25) is 5.15 Å². The number of carbonyl (C=O) groups excluding carboxylic acids is 1. The quantitative estimate of drug-likeness (QED) is 0.873. The molecule has 1 fully saturated rings. The van der Waals surface area contributed by atoms with Crippen LogP contribution in [0.15, 0.2) is 30.7 Å². The number of nitrogens with one attached hydrogen (secondary N) is 1. The van der Waals surface area contributed by atoms with Gasteiger partial charge >= 0.3 is 0 Å². The van der Waals surface area contributed by atoms with Crippen molar-refractivity contribution in [3.05, 3.63) is 47.3 Å². The largest absolute Gasteiger partial charge is 0.368 e. The summed E-state index contributed by atoms with van der Waals surface area (Å²) in [5, 5.41) is 3.23. The first-order valence-electron chi connectivity index (χ1n) is 7.74. The van der Waals surface area contributed by atoms with E-state index in [9.17, 15) is 4.79 Å². The lowest BCUT2D eigenvalue weighted by atomic mass is 10.0. The van der Waals surface area contributed by atoms with Crippen molar-refractivity contribution < 1.29 is 9.53 Å². The molecule has 2 atom stereocenters. The maximum Gasteiger partial charge on any atom is 0.254 e. The molecule has 0 spiro atoms. The van der Waals surface area contributed by atoms with Crippen LogP contribution in [0.25, 0.3) is 0 Å². The fourth-order valence-electron chi connectivity index (χ4n) is 2.83. The van der Waals surface area contributed by atoms with Crippen molar-refractivity contribution in [2.24, 2.45) is 0 Å². The molecule has 3 rings (SSSR count). The van der Waals surface area contributed by atoms with Gasteiger partial charge in [-0.3, -0.25) is 4.79 Å². The summed E-state index contributed by atoms with van der Waals surface area (Å²) in [6, 6.07) is 3.22. The third kappa shape index (κ3) is 3.38. The van der Waals surface area contributed by atoms with Crippen molar-refractivity contribution in [3.8, 4) is 0 Å². The molecule has 122 valence electrons. The van der Waals surface area contributed by atoms with Gasteiger partial charge in [0.25, 0.3) is 5.91 Å². The number of aryl methyl sites for hydroxylation is 1. The minimum atomic E-state index is -0.252. The summed E-state index contributed by atoms with van der Waals surface area (Å²) in [6.07, 6.45) is 6.72. The lowest BCUT2D eigenvalue weighted by Gasteiger charge is -2.32. The summed E-state index contributed by atoms with van der Waals surface area (Å²) in [5.41, 5.74) is 0.373. The third-order valence-electron chi connectivity index (χ3n) is 3.99. The van der Waals surface area contributed by atoms with E-state index in [1.165, 1.54) is 0 Å². The highest BCUT2D eigenvalue weighted by Crippen LogP contribution is 2.28. The highest BCUT2D eigenvalue weighted by Gasteiger charge is 2.32. The van der Waals surface area contributed by atoms with Gasteiger partial charge < -0.3 is 14.6 Å². The predicted octanol–water partition coefficient (Wildman–Crippen LogP) is 2.60. The number of hydrogen-bond acceptors (Lipinski definition) is 4. The lowest BCUT2D eigenvalue weighted by molar-refractivity contribution is -0.0163. The maximum absolute atomic E-state index is 12.5. The Morgan fingerprint density at radius 3 is 3.13 bits per heavy atom. The molecular formula is C16H19ClN4O2. The van der Waals surface area contributed by atoms with Crippen LogP contribution in [0, 0.1) is 0 Å². The molecule has 1 aliphatic rings. The molecule has 0 aliphatic carbocycles. The number of halogens is 1. The normalized spacial score (nSPS) is 21.1. The van der Waals surface area contributed by atoms with Crippen molar-refractivity contribution in [1.82, 2.24) is 19.9 Å². The smallest absolute Gasteiger partial charge is 0.254 e. The molecular weight excluding hydrogens is 316 g/mol. The first kappa shape index (κ1) is 16.0. The van der Waals surface area contributed by atoms with Crippen molar-refractivity contribution in [2.75, 3.05) is 6.61 Å². The Kier molecular flexibility index (Phi) is 4.93. The van der Waals surface area contributed by atoms with Gasteiger partial charge in [0, 0.05) is 31.7 Å². The van der Waals surface area contributed by atoms with E-state index in [1.54, 1.807) is 24.5 Å². The zero-order chi connectivity index (χ0) is 16.2. The Labute approximate surface area is 139 Å². The minimum absolute atomic E-state index is 0.139. The van der Waals surface area contributed by atoms with Gasteiger partial charge in [0.15, 0.2) is 0 Å². The molecule has 0 saturated carbocycles. The standard InChI is InChI=1S/C16H19ClN4O2/c1-2-21-9-8-19-15(21)13-12(6-4-10-23-13)20-16(22)11-5-3-7-18-14(11)17/h3,5,7-9,12-13H,2,4,6,10H2,1H3,(H,20,22)/t12-,13-/m1/s1. The Morgan fingerprint density at radius 1 is 1.48 bits per heavy atom. The van der Waals surface area contributed by atoms with Crippen LogP contribution in [0.1, 0.15) is 42.1 Å². The topological polar surface area (TPSA) is 69.0 Å². The Hall–Kier alpha value is -1.92. The van der Waals surface area contributed by atoms with E-state index in [2.05, 4.69) is 22.2 Å². The van der Waals surface area contributed by atoms with Gasteiger partial charge in [-0.2, -0.15) is 0 Å². The number of carbonyl (C=O) groups is 1.